The number of benzene rings is 2. The molecule has 0 bridgehead atoms. The second-order valence-corrected chi connectivity index (χ2v) is 6.61. The highest BCUT2D eigenvalue weighted by atomic mass is 19.1. The maximum Gasteiger partial charge on any atom is 0.251 e. The fourth-order valence-electron chi connectivity index (χ4n) is 3.44. The lowest BCUT2D eigenvalue weighted by molar-refractivity contribution is 0.0924. The first-order valence-electron chi connectivity index (χ1n) is 9.09. The molecule has 3 rings (SSSR count). The zero-order valence-electron chi connectivity index (χ0n) is 15.1. The van der Waals surface area contributed by atoms with E-state index in [1.54, 1.807) is 19.2 Å². The van der Waals surface area contributed by atoms with Gasteiger partial charge in [-0.15, -0.1) is 0 Å². The van der Waals surface area contributed by atoms with E-state index in [4.69, 9.17) is 4.74 Å². The number of hydrogen-bond acceptors (Lipinski definition) is 3. The van der Waals surface area contributed by atoms with Crippen molar-refractivity contribution in [3.63, 3.8) is 0 Å². The fourth-order valence-corrected chi connectivity index (χ4v) is 3.44. The van der Waals surface area contributed by atoms with Crippen LogP contribution in [0.25, 0.3) is 0 Å². The lowest BCUT2D eigenvalue weighted by Gasteiger charge is -2.35. The average Bonchev–Trinajstić information content (AvgIpc) is 2.69. The molecule has 1 heterocycles. The summed E-state index contributed by atoms with van der Waals surface area (Å²) in [4.78, 5) is 14.8. The van der Waals surface area contributed by atoms with Crippen LogP contribution in [0.5, 0.6) is 5.75 Å². The number of rotatable bonds is 6. The van der Waals surface area contributed by atoms with Gasteiger partial charge in [-0.05, 0) is 61.8 Å². The Morgan fingerprint density at radius 2 is 1.88 bits per heavy atom. The number of nitrogens with one attached hydrogen (secondary N) is 1. The summed E-state index contributed by atoms with van der Waals surface area (Å²) >= 11 is 0. The summed E-state index contributed by atoms with van der Waals surface area (Å²) in [5.41, 5.74) is 1.49. The molecule has 0 aromatic heterocycles. The van der Waals surface area contributed by atoms with E-state index in [1.807, 2.05) is 24.3 Å². The number of ether oxygens (including phenoxy) is 1. The average molecular weight is 356 g/mol. The first-order chi connectivity index (χ1) is 12.7. The molecule has 1 aliphatic heterocycles. The number of methoxy groups -OCH3 is 1. The molecule has 1 N–H and O–H groups in total. The maximum atomic E-state index is 13.4. The molecule has 1 atom stereocenters. The number of halogens is 1. The van der Waals surface area contributed by atoms with Crippen LogP contribution in [0.15, 0.2) is 48.5 Å². The van der Waals surface area contributed by atoms with Crippen molar-refractivity contribution in [1.29, 1.82) is 0 Å². The summed E-state index contributed by atoms with van der Waals surface area (Å²) in [5, 5.41) is 2.97. The zero-order valence-corrected chi connectivity index (χ0v) is 15.1. The molecule has 2 aromatic rings. The van der Waals surface area contributed by atoms with Gasteiger partial charge in [-0.2, -0.15) is 0 Å². The summed E-state index contributed by atoms with van der Waals surface area (Å²) < 4.78 is 18.6. The van der Waals surface area contributed by atoms with Crippen LogP contribution < -0.4 is 10.1 Å². The molecular weight excluding hydrogens is 331 g/mol. The Labute approximate surface area is 154 Å². The smallest absolute Gasteiger partial charge is 0.251 e. The van der Waals surface area contributed by atoms with Gasteiger partial charge < -0.3 is 10.1 Å². The maximum absolute atomic E-state index is 13.4. The van der Waals surface area contributed by atoms with Gasteiger partial charge in [0.25, 0.3) is 5.91 Å². The molecule has 26 heavy (non-hydrogen) atoms. The van der Waals surface area contributed by atoms with Crippen molar-refractivity contribution in [2.24, 2.45) is 0 Å². The molecule has 1 amide bonds. The number of carbonyl (C=O) groups excluding carboxylic acids is 1. The van der Waals surface area contributed by atoms with Gasteiger partial charge in [0, 0.05) is 12.1 Å². The van der Waals surface area contributed by atoms with E-state index in [9.17, 15) is 9.18 Å². The number of hydrogen-bond donors (Lipinski definition) is 1. The van der Waals surface area contributed by atoms with Crippen LogP contribution in [-0.2, 0) is 0 Å². The standard InChI is InChI=1S/C21H25FN2O2/c1-26-19-10-8-16(9-11-19)20(24-12-3-2-4-13-24)15-23-21(25)17-6-5-7-18(22)14-17/h5-11,14,20H,2-4,12-13,15H2,1H3,(H,23,25). The van der Waals surface area contributed by atoms with Gasteiger partial charge in [0.15, 0.2) is 0 Å². The Morgan fingerprint density at radius 3 is 2.54 bits per heavy atom. The number of carbonyl (C=O) groups is 1. The summed E-state index contributed by atoms with van der Waals surface area (Å²) in [5.74, 6) is 0.162. The third kappa shape index (κ3) is 4.61. The van der Waals surface area contributed by atoms with Gasteiger partial charge in [0.05, 0.1) is 13.2 Å². The first-order valence-corrected chi connectivity index (χ1v) is 9.09. The zero-order chi connectivity index (χ0) is 18.4. The van der Waals surface area contributed by atoms with Crippen molar-refractivity contribution in [1.82, 2.24) is 10.2 Å². The van der Waals surface area contributed by atoms with E-state index in [0.717, 1.165) is 24.4 Å². The lowest BCUT2D eigenvalue weighted by atomic mass is 10.0. The van der Waals surface area contributed by atoms with Gasteiger partial charge in [0.2, 0.25) is 0 Å². The summed E-state index contributed by atoms with van der Waals surface area (Å²) in [6.07, 6.45) is 3.59. The van der Waals surface area contributed by atoms with Crippen LogP contribution in [0.4, 0.5) is 4.39 Å². The van der Waals surface area contributed by atoms with E-state index in [0.29, 0.717) is 12.1 Å². The van der Waals surface area contributed by atoms with Crippen molar-refractivity contribution in [3.8, 4) is 5.75 Å². The Morgan fingerprint density at radius 1 is 1.15 bits per heavy atom. The molecular formula is C21H25FN2O2. The van der Waals surface area contributed by atoms with Gasteiger partial charge in [0.1, 0.15) is 11.6 Å². The van der Waals surface area contributed by atoms with Crippen molar-refractivity contribution in [2.45, 2.75) is 25.3 Å². The van der Waals surface area contributed by atoms with Gasteiger partial charge >= 0.3 is 0 Å². The lowest BCUT2D eigenvalue weighted by Crippen LogP contribution is -2.40. The summed E-state index contributed by atoms with van der Waals surface area (Å²) in [6.45, 7) is 2.53. The van der Waals surface area contributed by atoms with Crippen LogP contribution >= 0.6 is 0 Å². The molecule has 4 nitrogen and oxygen atoms in total. The highest BCUT2D eigenvalue weighted by Crippen LogP contribution is 2.26. The minimum Gasteiger partial charge on any atom is -0.497 e. The Bertz CT molecular complexity index is 727. The Hall–Kier alpha value is -2.40. The number of piperidine rings is 1. The van der Waals surface area contributed by atoms with Crippen molar-refractivity contribution in [2.75, 3.05) is 26.7 Å². The van der Waals surface area contributed by atoms with E-state index in [2.05, 4.69) is 10.2 Å². The summed E-state index contributed by atoms with van der Waals surface area (Å²) in [6, 6.07) is 13.9. The fraction of sp³-hybridized carbons (Fsp3) is 0.381. The van der Waals surface area contributed by atoms with Gasteiger partial charge in [-0.3, -0.25) is 9.69 Å². The van der Waals surface area contributed by atoms with Crippen molar-refractivity contribution in [3.05, 3.63) is 65.5 Å². The molecule has 1 fully saturated rings. The molecule has 0 spiro atoms. The van der Waals surface area contributed by atoms with E-state index in [-0.39, 0.29) is 11.9 Å². The Kier molecular flexibility index (Phi) is 6.23. The van der Waals surface area contributed by atoms with Crippen LogP contribution in [0.2, 0.25) is 0 Å². The van der Waals surface area contributed by atoms with Crippen LogP contribution in [-0.4, -0.2) is 37.6 Å². The molecule has 138 valence electrons. The van der Waals surface area contributed by atoms with E-state index in [1.165, 1.54) is 31.4 Å². The van der Waals surface area contributed by atoms with Crippen LogP contribution in [0, 0.1) is 5.82 Å². The van der Waals surface area contributed by atoms with Crippen molar-refractivity contribution >= 4 is 5.91 Å². The molecule has 1 saturated heterocycles. The van der Waals surface area contributed by atoms with Crippen molar-refractivity contribution < 1.29 is 13.9 Å². The second kappa shape index (κ2) is 8.81. The minimum atomic E-state index is -0.402. The third-order valence-electron chi connectivity index (χ3n) is 4.87. The van der Waals surface area contributed by atoms with E-state index >= 15 is 0 Å². The highest BCUT2D eigenvalue weighted by molar-refractivity contribution is 5.94. The predicted molar refractivity (Wildman–Crippen MR) is 99.9 cm³/mol. The largest absolute Gasteiger partial charge is 0.497 e. The number of amides is 1. The molecule has 1 unspecified atom stereocenters. The quantitative estimate of drug-likeness (QED) is 0.856. The molecule has 0 radical (unpaired) electrons. The first kappa shape index (κ1) is 18.4. The Balaban J connectivity index is 1.73. The van der Waals surface area contributed by atoms with Gasteiger partial charge in [-0.25, -0.2) is 4.39 Å². The molecule has 0 aliphatic carbocycles. The van der Waals surface area contributed by atoms with E-state index < -0.39 is 5.82 Å². The summed E-state index contributed by atoms with van der Waals surface area (Å²) in [7, 11) is 1.65. The molecule has 1 aliphatic rings. The SMILES string of the molecule is COc1ccc(C(CNC(=O)c2cccc(F)c2)N2CCCCC2)cc1. The van der Waals surface area contributed by atoms with Crippen LogP contribution in [0.1, 0.15) is 41.2 Å². The topological polar surface area (TPSA) is 41.6 Å². The number of nitrogens with zero attached hydrogens (tertiary/aromatic N) is 1. The normalized spacial score (nSPS) is 16.1. The predicted octanol–water partition coefficient (Wildman–Crippen LogP) is 3.79. The molecule has 5 heteroatoms. The van der Waals surface area contributed by atoms with Gasteiger partial charge in [-0.1, -0.05) is 24.6 Å². The minimum absolute atomic E-state index is 0.0960. The highest BCUT2D eigenvalue weighted by Gasteiger charge is 2.23. The monoisotopic (exact) mass is 356 g/mol. The molecule has 0 saturated carbocycles. The number of likely N-dealkylation sites (tertiary alicyclic amines) is 1. The third-order valence-corrected chi connectivity index (χ3v) is 4.87. The second-order valence-electron chi connectivity index (χ2n) is 6.61. The van der Waals surface area contributed by atoms with Crippen LogP contribution in [0.3, 0.4) is 0 Å². The molecule has 2 aromatic carbocycles.